The minimum absolute atomic E-state index is 0.0167. The number of rotatable bonds is 6. The van der Waals surface area contributed by atoms with Gasteiger partial charge in [-0.3, -0.25) is 14.5 Å². The van der Waals surface area contributed by atoms with Gasteiger partial charge in [0.05, 0.1) is 13.0 Å². The Kier molecular flexibility index (Phi) is 6.85. The zero-order valence-corrected chi connectivity index (χ0v) is 16.0. The lowest BCUT2D eigenvalue weighted by Crippen LogP contribution is -2.40. The second kappa shape index (κ2) is 8.68. The SMILES string of the molecule is CCC(CC)NC(=O)[C@H]1C[C@@H](C(=O)OC)N(C)[C@H]1c1cccc(Cl)c1. The number of hydrogen-bond donors (Lipinski definition) is 1. The molecule has 1 aliphatic rings. The van der Waals surface area contributed by atoms with Gasteiger partial charge in [0.25, 0.3) is 0 Å². The second-order valence-electron chi connectivity index (χ2n) is 6.57. The van der Waals surface area contributed by atoms with E-state index < -0.39 is 6.04 Å². The molecule has 5 nitrogen and oxygen atoms in total. The summed E-state index contributed by atoms with van der Waals surface area (Å²) in [6.45, 7) is 4.11. The summed E-state index contributed by atoms with van der Waals surface area (Å²) in [4.78, 5) is 27.0. The van der Waals surface area contributed by atoms with Crippen molar-refractivity contribution in [1.82, 2.24) is 10.2 Å². The summed E-state index contributed by atoms with van der Waals surface area (Å²) in [5, 5.41) is 3.74. The molecule has 0 saturated carbocycles. The molecule has 138 valence electrons. The van der Waals surface area contributed by atoms with E-state index in [-0.39, 0.29) is 29.9 Å². The molecule has 0 spiro atoms. The van der Waals surface area contributed by atoms with Gasteiger partial charge in [-0.05, 0) is 44.0 Å². The third-order valence-corrected chi connectivity index (χ3v) is 5.36. The molecule has 3 atom stereocenters. The Bertz CT molecular complexity index is 618. The maximum atomic E-state index is 12.9. The summed E-state index contributed by atoms with van der Waals surface area (Å²) in [7, 11) is 3.24. The largest absolute Gasteiger partial charge is 0.468 e. The summed E-state index contributed by atoms with van der Waals surface area (Å²) in [6, 6.07) is 6.98. The van der Waals surface area contributed by atoms with Crippen LogP contribution in [-0.2, 0) is 14.3 Å². The third-order valence-electron chi connectivity index (χ3n) is 5.12. The van der Waals surface area contributed by atoms with E-state index in [1.54, 1.807) is 6.07 Å². The Balaban J connectivity index is 2.32. The molecule has 25 heavy (non-hydrogen) atoms. The van der Waals surface area contributed by atoms with Crippen molar-refractivity contribution in [2.45, 2.75) is 51.2 Å². The van der Waals surface area contributed by atoms with Gasteiger partial charge in [0.2, 0.25) is 5.91 Å². The molecule has 0 aliphatic carbocycles. The van der Waals surface area contributed by atoms with Gasteiger partial charge in [-0.25, -0.2) is 0 Å². The topological polar surface area (TPSA) is 58.6 Å². The fraction of sp³-hybridized carbons (Fsp3) is 0.579. The summed E-state index contributed by atoms with van der Waals surface area (Å²) in [6.07, 6.45) is 2.20. The van der Waals surface area contributed by atoms with Crippen molar-refractivity contribution >= 4 is 23.5 Å². The van der Waals surface area contributed by atoms with Crippen LogP contribution in [0.5, 0.6) is 0 Å². The molecular weight excluding hydrogens is 340 g/mol. The van der Waals surface area contributed by atoms with Crippen molar-refractivity contribution in [3.05, 3.63) is 34.9 Å². The number of likely N-dealkylation sites (N-methyl/N-ethyl adjacent to an activating group) is 1. The highest BCUT2D eigenvalue weighted by atomic mass is 35.5. The Morgan fingerprint density at radius 3 is 2.60 bits per heavy atom. The molecule has 0 aromatic heterocycles. The molecular formula is C19H27ClN2O3. The van der Waals surface area contributed by atoms with Crippen LogP contribution in [0.4, 0.5) is 0 Å². The van der Waals surface area contributed by atoms with Gasteiger partial charge in [-0.2, -0.15) is 0 Å². The average molecular weight is 367 g/mol. The predicted octanol–water partition coefficient (Wildman–Crippen LogP) is 3.18. The first-order valence-electron chi connectivity index (χ1n) is 8.78. The van der Waals surface area contributed by atoms with Crippen LogP contribution in [-0.4, -0.2) is 43.0 Å². The van der Waals surface area contributed by atoms with Crippen LogP contribution in [0.25, 0.3) is 0 Å². The number of amides is 1. The first kappa shape index (κ1) is 19.7. The van der Waals surface area contributed by atoms with Crippen LogP contribution in [0.1, 0.15) is 44.7 Å². The smallest absolute Gasteiger partial charge is 0.323 e. The second-order valence-corrected chi connectivity index (χ2v) is 7.00. The first-order valence-corrected chi connectivity index (χ1v) is 9.16. The fourth-order valence-corrected chi connectivity index (χ4v) is 3.82. The number of ether oxygens (including phenoxy) is 1. The van der Waals surface area contributed by atoms with Gasteiger partial charge in [-0.15, -0.1) is 0 Å². The Labute approximate surface area is 154 Å². The Morgan fingerprint density at radius 2 is 2.04 bits per heavy atom. The third kappa shape index (κ3) is 4.33. The van der Waals surface area contributed by atoms with Crippen LogP contribution in [0.15, 0.2) is 24.3 Å². The molecule has 1 saturated heterocycles. The van der Waals surface area contributed by atoms with Crippen molar-refractivity contribution in [1.29, 1.82) is 0 Å². The molecule has 1 aliphatic heterocycles. The number of nitrogens with one attached hydrogen (secondary N) is 1. The molecule has 1 fully saturated rings. The maximum Gasteiger partial charge on any atom is 0.323 e. The lowest BCUT2D eigenvalue weighted by Gasteiger charge is -2.28. The van der Waals surface area contributed by atoms with Gasteiger partial charge < -0.3 is 10.1 Å². The lowest BCUT2D eigenvalue weighted by molar-refractivity contribution is -0.145. The molecule has 6 heteroatoms. The van der Waals surface area contributed by atoms with Crippen LogP contribution in [0.2, 0.25) is 5.02 Å². The number of esters is 1. The fourth-order valence-electron chi connectivity index (χ4n) is 3.62. The molecule has 0 unspecified atom stereocenters. The van der Waals surface area contributed by atoms with E-state index in [1.807, 2.05) is 30.1 Å². The summed E-state index contributed by atoms with van der Waals surface area (Å²) in [5.74, 6) is -0.655. The van der Waals surface area contributed by atoms with E-state index in [2.05, 4.69) is 19.2 Å². The van der Waals surface area contributed by atoms with E-state index in [0.29, 0.717) is 11.4 Å². The number of likely N-dealkylation sites (tertiary alicyclic amines) is 1. The van der Waals surface area contributed by atoms with Crippen molar-refractivity contribution in [3.63, 3.8) is 0 Å². The van der Waals surface area contributed by atoms with Crippen LogP contribution < -0.4 is 5.32 Å². The molecule has 1 heterocycles. The van der Waals surface area contributed by atoms with Gasteiger partial charge in [0.1, 0.15) is 6.04 Å². The quantitative estimate of drug-likeness (QED) is 0.785. The molecule has 1 aromatic carbocycles. The zero-order chi connectivity index (χ0) is 18.6. The van der Waals surface area contributed by atoms with Crippen molar-refractivity contribution in [2.24, 2.45) is 5.92 Å². The number of halogens is 1. The monoisotopic (exact) mass is 366 g/mol. The highest BCUT2D eigenvalue weighted by molar-refractivity contribution is 6.30. The predicted molar refractivity (Wildman–Crippen MR) is 98.4 cm³/mol. The van der Waals surface area contributed by atoms with Crippen molar-refractivity contribution in [3.8, 4) is 0 Å². The van der Waals surface area contributed by atoms with Gasteiger partial charge in [-0.1, -0.05) is 37.6 Å². The summed E-state index contributed by atoms with van der Waals surface area (Å²) >= 11 is 6.14. The minimum Gasteiger partial charge on any atom is -0.468 e. The summed E-state index contributed by atoms with van der Waals surface area (Å²) < 4.78 is 4.93. The van der Waals surface area contributed by atoms with Gasteiger partial charge >= 0.3 is 5.97 Å². The molecule has 2 rings (SSSR count). The van der Waals surface area contributed by atoms with E-state index in [9.17, 15) is 9.59 Å². The molecule has 0 bridgehead atoms. The number of nitrogens with zero attached hydrogens (tertiary/aromatic N) is 1. The molecule has 1 aromatic rings. The van der Waals surface area contributed by atoms with Gasteiger partial charge in [0.15, 0.2) is 0 Å². The number of benzene rings is 1. The number of carbonyl (C=O) groups excluding carboxylic acids is 2. The van der Waals surface area contributed by atoms with E-state index in [4.69, 9.17) is 16.3 Å². The van der Waals surface area contributed by atoms with Crippen LogP contribution >= 0.6 is 11.6 Å². The first-order chi connectivity index (χ1) is 11.9. The van der Waals surface area contributed by atoms with Crippen LogP contribution in [0.3, 0.4) is 0 Å². The van der Waals surface area contributed by atoms with Crippen molar-refractivity contribution in [2.75, 3.05) is 14.2 Å². The highest BCUT2D eigenvalue weighted by Crippen LogP contribution is 2.41. The molecule has 1 amide bonds. The van der Waals surface area contributed by atoms with Crippen LogP contribution in [0, 0.1) is 5.92 Å². The molecule has 1 N–H and O–H groups in total. The van der Waals surface area contributed by atoms with E-state index in [0.717, 1.165) is 18.4 Å². The van der Waals surface area contributed by atoms with E-state index >= 15 is 0 Å². The Morgan fingerprint density at radius 1 is 1.36 bits per heavy atom. The summed E-state index contributed by atoms with van der Waals surface area (Å²) in [5.41, 5.74) is 0.936. The number of hydrogen-bond acceptors (Lipinski definition) is 4. The number of carbonyl (C=O) groups is 2. The standard InChI is InChI=1S/C19H27ClN2O3/c1-5-14(6-2)21-18(23)15-11-16(19(24)25-4)22(3)17(15)12-8-7-9-13(20)10-12/h7-10,14-17H,5-6,11H2,1-4H3,(H,21,23)/t15-,16-,17-/m0/s1. The molecule has 0 radical (unpaired) electrons. The normalized spacial score (nSPS) is 23.7. The van der Waals surface area contributed by atoms with Crippen molar-refractivity contribution < 1.29 is 14.3 Å². The lowest BCUT2D eigenvalue weighted by atomic mass is 9.92. The van der Waals surface area contributed by atoms with Gasteiger partial charge in [0, 0.05) is 17.1 Å². The minimum atomic E-state index is -0.438. The Hall–Kier alpha value is -1.59. The van der Waals surface area contributed by atoms with E-state index in [1.165, 1.54) is 7.11 Å². The maximum absolute atomic E-state index is 12.9. The highest BCUT2D eigenvalue weighted by Gasteiger charge is 2.47. The number of methoxy groups -OCH3 is 1. The zero-order valence-electron chi connectivity index (χ0n) is 15.3. The average Bonchev–Trinajstić information content (AvgIpc) is 2.96.